The van der Waals surface area contributed by atoms with E-state index >= 15 is 0 Å². The second-order valence-electron chi connectivity index (χ2n) is 6.70. The lowest BCUT2D eigenvalue weighted by molar-refractivity contribution is -0.113. The third kappa shape index (κ3) is 5.46. The number of pyridine rings is 1. The molecule has 4 aromatic heterocycles. The van der Waals surface area contributed by atoms with Gasteiger partial charge < -0.3 is 14.5 Å². The van der Waals surface area contributed by atoms with Crippen LogP contribution in [0, 0.1) is 6.92 Å². The van der Waals surface area contributed by atoms with Gasteiger partial charge in [-0.15, -0.1) is 10.2 Å². The molecule has 0 atom stereocenters. The molecule has 4 rings (SSSR count). The Morgan fingerprint density at radius 3 is 2.88 bits per heavy atom. The topological polar surface area (TPSA) is 125 Å². The summed E-state index contributed by atoms with van der Waals surface area (Å²) >= 11 is 2.32. The summed E-state index contributed by atoms with van der Waals surface area (Å²) in [4.78, 5) is 33.3. The number of carbonyl (C=O) groups is 2. The highest BCUT2D eigenvalue weighted by Crippen LogP contribution is 2.26. The number of aryl methyl sites for hydroxylation is 1. The third-order valence-electron chi connectivity index (χ3n) is 4.37. The van der Waals surface area contributed by atoms with Crippen molar-refractivity contribution in [2.75, 3.05) is 17.7 Å². The van der Waals surface area contributed by atoms with Gasteiger partial charge in [-0.25, -0.2) is 9.78 Å². The summed E-state index contributed by atoms with van der Waals surface area (Å²) < 4.78 is 12.4. The van der Waals surface area contributed by atoms with Crippen molar-refractivity contribution in [1.29, 1.82) is 0 Å². The first-order valence-electron chi connectivity index (χ1n) is 9.98. The fourth-order valence-corrected chi connectivity index (χ4v) is 4.54. The highest BCUT2D eigenvalue weighted by atomic mass is 32.2. The Kier molecular flexibility index (Phi) is 7.15. The quantitative estimate of drug-likeness (QED) is 0.280. The van der Waals surface area contributed by atoms with Crippen LogP contribution in [0.1, 0.15) is 28.0 Å². The molecule has 0 saturated carbocycles. The number of thioether (sulfide) groups is 1. The molecule has 0 aromatic carbocycles. The molecule has 1 N–H and O–H groups in total. The van der Waals surface area contributed by atoms with Gasteiger partial charge in [-0.05, 0) is 38.1 Å². The van der Waals surface area contributed by atoms with Gasteiger partial charge >= 0.3 is 5.97 Å². The van der Waals surface area contributed by atoms with E-state index in [1.807, 2.05) is 28.8 Å². The van der Waals surface area contributed by atoms with Crippen molar-refractivity contribution in [2.24, 2.45) is 0 Å². The van der Waals surface area contributed by atoms with Crippen LogP contribution in [0.25, 0.3) is 11.4 Å². The number of anilines is 1. The van der Waals surface area contributed by atoms with Crippen LogP contribution < -0.4 is 5.32 Å². The monoisotopic (exact) mass is 484 g/mol. The molecule has 1 amide bonds. The number of ether oxygens (including phenoxy) is 1. The lowest BCUT2D eigenvalue weighted by Crippen LogP contribution is -2.14. The number of carbonyl (C=O) groups excluding carboxylic acids is 2. The van der Waals surface area contributed by atoms with Gasteiger partial charge in [0.25, 0.3) is 0 Å². The van der Waals surface area contributed by atoms with Gasteiger partial charge in [-0.2, -0.15) is 0 Å². The minimum Gasteiger partial charge on any atom is -0.467 e. The van der Waals surface area contributed by atoms with E-state index in [-0.39, 0.29) is 18.3 Å². The number of hydrogen-bond donors (Lipinski definition) is 1. The van der Waals surface area contributed by atoms with Gasteiger partial charge in [0.1, 0.15) is 10.6 Å². The average Bonchev–Trinajstić information content (AvgIpc) is 3.54. The number of nitrogens with zero attached hydrogens (tertiary/aromatic N) is 5. The maximum absolute atomic E-state index is 12.5. The molecule has 0 spiro atoms. The van der Waals surface area contributed by atoms with E-state index in [4.69, 9.17) is 9.15 Å². The molecule has 0 aliphatic heterocycles. The highest BCUT2D eigenvalue weighted by Gasteiger charge is 2.20. The molecular weight excluding hydrogens is 464 g/mol. The van der Waals surface area contributed by atoms with E-state index in [2.05, 4.69) is 25.5 Å². The van der Waals surface area contributed by atoms with Crippen molar-refractivity contribution >= 4 is 40.1 Å². The van der Waals surface area contributed by atoms with Crippen molar-refractivity contribution in [2.45, 2.75) is 25.5 Å². The number of nitrogens with one attached hydrogen (secondary N) is 1. The molecule has 0 fully saturated rings. The maximum atomic E-state index is 12.5. The number of esters is 1. The van der Waals surface area contributed by atoms with E-state index in [0.29, 0.717) is 33.2 Å². The normalized spacial score (nSPS) is 10.8. The molecule has 10 nitrogen and oxygen atoms in total. The molecule has 33 heavy (non-hydrogen) atoms. The lowest BCUT2D eigenvalue weighted by atomic mass is 10.2. The Labute approximate surface area is 197 Å². The molecule has 0 radical (unpaired) electrons. The first kappa shape index (κ1) is 22.7. The van der Waals surface area contributed by atoms with Crippen LogP contribution in [-0.4, -0.2) is 49.0 Å². The summed E-state index contributed by atoms with van der Waals surface area (Å²) in [6.07, 6.45) is 4.99. The Morgan fingerprint density at radius 1 is 1.27 bits per heavy atom. The maximum Gasteiger partial charge on any atom is 0.350 e. The minimum atomic E-state index is -0.448. The van der Waals surface area contributed by atoms with E-state index in [0.717, 1.165) is 22.7 Å². The summed E-state index contributed by atoms with van der Waals surface area (Å²) in [6, 6.07) is 7.38. The molecule has 0 bridgehead atoms. The zero-order valence-corrected chi connectivity index (χ0v) is 19.5. The average molecular weight is 485 g/mol. The molecule has 170 valence electrons. The van der Waals surface area contributed by atoms with Gasteiger partial charge in [0.2, 0.25) is 5.91 Å². The fourth-order valence-electron chi connectivity index (χ4n) is 2.93. The molecule has 4 aromatic rings. The zero-order chi connectivity index (χ0) is 23.2. The lowest BCUT2D eigenvalue weighted by Gasteiger charge is -2.08. The number of furan rings is 1. The number of amides is 1. The predicted molar refractivity (Wildman–Crippen MR) is 123 cm³/mol. The van der Waals surface area contributed by atoms with Crippen LogP contribution in [0.2, 0.25) is 0 Å². The summed E-state index contributed by atoms with van der Waals surface area (Å²) in [7, 11) is 0. The van der Waals surface area contributed by atoms with Crippen LogP contribution in [0.5, 0.6) is 0 Å². The minimum absolute atomic E-state index is 0.0801. The molecule has 0 saturated heterocycles. The molecule has 0 unspecified atom stereocenters. The summed E-state index contributed by atoms with van der Waals surface area (Å²) in [5.74, 6) is 0.709. The third-order valence-corrected chi connectivity index (χ3v) is 6.39. The molecular formula is C21H20N6O4S2. The van der Waals surface area contributed by atoms with Crippen molar-refractivity contribution in [1.82, 2.24) is 24.7 Å². The van der Waals surface area contributed by atoms with Gasteiger partial charge in [-0.1, -0.05) is 23.1 Å². The van der Waals surface area contributed by atoms with Crippen LogP contribution in [-0.2, 0) is 16.1 Å². The van der Waals surface area contributed by atoms with Crippen LogP contribution in [0.15, 0.2) is 52.5 Å². The van der Waals surface area contributed by atoms with E-state index in [1.165, 1.54) is 11.8 Å². The zero-order valence-electron chi connectivity index (χ0n) is 17.8. The molecule has 0 aliphatic rings. The SMILES string of the molecule is CCOC(=O)c1sc(NC(=O)CSc2nnc(-c3cccnc3)n2Cc2ccco2)nc1C. The second kappa shape index (κ2) is 10.4. The van der Waals surface area contributed by atoms with Crippen molar-refractivity contribution in [3.63, 3.8) is 0 Å². The van der Waals surface area contributed by atoms with E-state index in [1.54, 1.807) is 32.5 Å². The Bertz CT molecular complexity index is 1240. The van der Waals surface area contributed by atoms with Gasteiger partial charge in [0, 0.05) is 18.0 Å². The Balaban J connectivity index is 1.47. The summed E-state index contributed by atoms with van der Waals surface area (Å²) in [5.41, 5.74) is 1.32. The highest BCUT2D eigenvalue weighted by molar-refractivity contribution is 7.99. The fraction of sp³-hybridized carbons (Fsp3) is 0.238. The summed E-state index contributed by atoms with van der Waals surface area (Å²) in [5, 5.41) is 12.2. The largest absolute Gasteiger partial charge is 0.467 e. The van der Waals surface area contributed by atoms with Crippen molar-refractivity contribution in [3.8, 4) is 11.4 Å². The standard InChI is InChI=1S/C21H20N6O4S2/c1-3-30-19(29)17-13(2)23-20(33-17)24-16(28)12-32-21-26-25-18(14-6-4-8-22-10-14)27(21)11-15-7-5-9-31-15/h4-10H,3,11-12H2,1-2H3,(H,23,24,28). The van der Waals surface area contributed by atoms with Gasteiger partial charge in [-0.3, -0.25) is 14.3 Å². The first-order valence-corrected chi connectivity index (χ1v) is 11.8. The summed E-state index contributed by atoms with van der Waals surface area (Å²) in [6.45, 7) is 4.11. The smallest absolute Gasteiger partial charge is 0.350 e. The molecule has 12 heteroatoms. The number of aromatic nitrogens is 5. The molecule has 4 heterocycles. The molecule has 0 aliphatic carbocycles. The Hall–Kier alpha value is -3.51. The van der Waals surface area contributed by atoms with Crippen LogP contribution in [0.4, 0.5) is 5.13 Å². The van der Waals surface area contributed by atoms with Crippen molar-refractivity contribution in [3.05, 3.63) is 59.3 Å². The van der Waals surface area contributed by atoms with Crippen LogP contribution >= 0.6 is 23.1 Å². The van der Waals surface area contributed by atoms with Gasteiger partial charge in [0.05, 0.1) is 30.9 Å². The van der Waals surface area contributed by atoms with Crippen LogP contribution in [0.3, 0.4) is 0 Å². The predicted octanol–water partition coefficient (Wildman–Crippen LogP) is 3.65. The number of thiazole rings is 1. The van der Waals surface area contributed by atoms with E-state index in [9.17, 15) is 9.59 Å². The number of hydrogen-bond acceptors (Lipinski definition) is 10. The first-order chi connectivity index (χ1) is 16.0. The second-order valence-corrected chi connectivity index (χ2v) is 8.65. The Morgan fingerprint density at radius 2 is 2.15 bits per heavy atom. The number of rotatable bonds is 9. The van der Waals surface area contributed by atoms with Crippen molar-refractivity contribution < 1.29 is 18.7 Å². The van der Waals surface area contributed by atoms with Gasteiger partial charge in [0.15, 0.2) is 16.1 Å². The van der Waals surface area contributed by atoms with E-state index < -0.39 is 5.97 Å².